The fourth-order valence-electron chi connectivity index (χ4n) is 4.46. The molecule has 4 atom stereocenters. The third kappa shape index (κ3) is 12.9. The second kappa shape index (κ2) is 19.9. The number of primary amides is 1. The van der Waals surface area contributed by atoms with Gasteiger partial charge in [0.05, 0.1) is 12.7 Å². The van der Waals surface area contributed by atoms with E-state index in [1.807, 2.05) is 29.2 Å². The molecular formula is C30H48N6O7. The van der Waals surface area contributed by atoms with Gasteiger partial charge >= 0.3 is 0 Å². The van der Waals surface area contributed by atoms with Gasteiger partial charge in [-0.05, 0) is 49.9 Å². The highest BCUT2D eigenvalue weighted by atomic mass is 16.5. The molecule has 0 saturated heterocycles. The van der Waals surface area contributed by atoms with Crippen LogP contribution in [-0.4, -0.2) is 116 Å². The van der Waals surface area contributed by atoms with Crippen molar-refractivity contribution in [3.63, 3.8) is 0 Å². The number of nitrogens with two attached hydrogens (primary N) is 2. The van der Waals surface area contributed by atoms with Crippen molar-refractivity contribution in [1.82, 2.24) is 14.9 Å². The molecule has 0 aliphatic heterocycles. The number of aliphatic hydroxyl groups excluding tert-OH is 5. The lowest BCUT2D eigenvalue weighted by Gasteiger charge is -2.30. The minimum absolute atomic E-state index is 0.00282. The fraction of sp³-hybridized carbons (Fsp3) is 0.600. The number of unbranched alkanes of at least 4 members (excludes halogenated alkanes) is 4. The Labute approximate surface area is 253 Å². The molecule has 0 bridgehead atoms. The second-order valence-corrected chi connectivity index (χ2v) is 10.5. The van der Waals surface area contributed by atoms with Crippen molar-refractivity contribution in [2.45, 2.75) is 76.3 Å². The van der Waals surface area contributed by atoms with E-state index in [9.17, 15) is 25.2 Å². The zero-order chi connectivity index (χ0) is 31.6. The van der Waals surface area contributed by atoms with Gasteiger partial charge in [0, 0.05) is 32.0 Å². The van der Waals surface area contributed by atoms with E-state index in [1.54, 1.807) is 0 Å². The third-order valence-corrected chi connectivity index (χ3v) is 7.03. The van der Waals surface area contributed by atoms with E-state index in [4.69, 9.17) is 21.3 Å². The number of aryl methyl sites for hydroxylation is 1. The summed E-state index contributed by atoms with van der Waals surface area (Å²) in [6, 6.07) is 7.81. The van der Waals surface area contributed by atoms with Crippen LogP contribution in [0, 0.1) is 0 Å². The number of carbonyl (C=O) groups excluding carboxylic acids is 1. The lowest BCUT2D eigenvalue weighted by molar-refractivity contribution is -0.119. The molecule has 1 amide bonds. The summed E-state index contributed by atoms with van der Waals surface area (Å²) in [4.78, 5) is 25.7. The van der Waals surface area contributed by atoms with Gasteiger partial charge in [-0.15, -0.1) is 0 Å². The summed E-state index contributed by atoms with van der Waals surface area (Å²) in [5.41, 5.74) is 12.6. The quantitative estimate of drug-likeness (QED) is 0.0538. The fourth-order valence-corrected chi connectivity index (χ4v) is 4.46. The van der Waals surface area contributed by atoms with Crippen LogP contribution in [0.4, 0.5) is 0 Å². The second-order valence-electron chi connectivity index (χ2n) is 10.5. The number of rotatable bonds is 22. The number of aliphatic hydroxyl groups is 5. The van der Waals surface area contributed by atoms with Crippen LogP contribution in [0.25, 0.3) is 0 Å². The zero-order valence-corrected chi connectivity index (χ0v) is 25.0. The van der Waals surface area contributed by atoms with E-state index >= 15 is 0 Å². The number of aliphatic imine (C=N–C) groups is 1. The molecule has 2 aromatic rings. The molecule has 0 saturated carbocycles. The molecule has 240 valence electrons. The Kier molecular flexibility index (Phi) is 16.6. The van der Waals surface area contributed by atoms with Crippen molar-refractivity contribution in [3.8, 4) is 5.75 Å². The Hall–Kier alpha value is -3.20. The van der Waals surface area contributed by atoms with Gasteiger partial charge in [-0.25, -0.2) is 9.97 Å². The van der Waals surface area contributed by atoms with Crippen molar-refractivity contribution in [2.24, 2.45) is 16.5 Å². The van der Waals surface area contributed by atoms with E-state index in [0.29, 0.717) is 32.0 Å². The van der Waals surface area contributed by atoms with Crippen molar-refractivity contribution < 1.29 is 35.1 Å². The predicted molar refractivity (Wildman–Crippen MR) is 163 cm³/mol. The molecule has 2 rings (SSSR count). The molecule has 1 aromatic heterocycles. The summed E-state index contributed by atoms with van der Waals surface area (Å²) in [5.74, 6) is 0.134. The maximum absolute atomic E-state index is 11.5. The van der Waals surface area contributed by atoms with Crippen LogP contribution in [0.5, 0.6) is 5.75 Å². The molecule has 0 spiro atoms. The predicted octanol–water partition coefficient (Wildman–Crippen LogP) is 0.000700. The zero-order valence-electron chi connectivity index (χ0n) is 25.0. The van der Waals surface area contributed by atoms with Gasteiger partial charge in [0.1, 0.15) is 42.2 Å². The minimum atomic E-state index is -1.65. The summed E-state index contributed by atoms with van der Waals surface area (Å²) in [5, 5.41) is 49.2. The number of amides is 1. The molecule has 1 heterocycles. The minimum Gasteiger partial charge on any atom is -0.492 e. The molecule has 0 aliphatic carbocycles. The molecule has 43 heavy (non-hydrogen) atoms. The SMILES string of the molecule is CCCCCCN(CCOc1ccc(CCCCN=C(N)c2nccnc2C(N)=O)cc1)C[C@H](O)[C@@H](O)[C@H](O)[C@@H](O)CO. The van der Waals surface area contributed by atoms with Crippen molar-refractivity contribution in [3.05, 3.63) is 53.6 Å². The van der Waals surface area contributed by atoms with Crippen LogP contribution >= 0.6 is 0 Å². The standard InChI is InChI=1S/C30H48N6O7/c1-2-3-4-7-16-36(19-23(38)27(40)28(41)24(39)20-37)17-18-43-22-11-9-21(10-12-22)8-5-6-13-35-29(31)25-26(30(32)42)34-15-14-33-25/h9-12,14-15,23-24,27-28,37-41H,2-8,13,16-20H2,1H3,(H2,31,35)(H2,32,42)/t23-,24-,27+,28+/m0/s1. The van der Waals surface area contributed by atoms with E-state index in [2.05, 4.69) is 21.9 Å². The lowest BCUT2D eigenvalue weighted by atomic mass is 10.0. The average Bonchev–Trinajstić information content (AvgIpc) is 3.02. The Morgan fingerprint density at radius 1 is 0.907 bits per heavy atom. The van der Waals surface area contributed by atoms with Crippen molar-refractivity contribution in [2.75, 3.05) is 39.4 Å². The average molecular weight is 605 g/mol. The summed E-state index contributed by atoms with van der Waals surface area (Å²) in [7, 11) is 0. The highest BCUT2D eigenvalue weighted by molar-refractivity contribution is 6.05. The Morgan fingerprint density at radius 3 is 2.23 bits per heavy atom. The smallest absolute Gasteiger partial charge is 0.269 e. The summed E-state index contributed by atoms with van der Waals surface area (Å²) < 4.78 is 5.92. The maximum atomic E-state index is 11.5. The number of hydrogen-bond donors (Lipinski definition) is 7. The van der Waals surface area contributed by atoms with Gasteiger partial charge in [0.25, 0.3) is 5.91 Å². The number of nitrogens with zero attached hydrogens (tertiary/aromatic N) is 4. The van der Waals surface area contributed by atoms with Gasteiger partial charge < -0.3 is 41.7 Å². The van der Waals surface area contributed by atoms with Crippen molar-refractivity contribution >= 4 is 11.7 Å². The maximum Gasteiger partial charge on any atom is 0.269 e. The normalized spacial score (nSPS) is 14.8. The summed E-state index contributed by atoms with van der Waals surface area (Å²) in [6.07, 6.45) is 3.39. The molecule has 0 fully saturated rings. The summed E-state index contributed by atoms with van der Waals surface area (Å²) in [6.45, 7) is 3.52. The summed E-state index contributed by atoms with van der Waals surface area (Å²) >= 11 is 0. The van der Waals surface area contributed by atoms with Crippen LogP contribution in [-0.2, 0) is 6.42 Å². The first-order valence-electron chi connectivity index (χ1n) is 14.9. The molecule has 9 N–H and O–H groups in total. The van der Waals surface area contributed by atoms with E-state index in [1.165, 1.54) is 12.4 Å². The van der Waals surface area contributed by atoms with Crippen molar-refractivity contribution in [1.29, 1.82) is 0 Å². The molecule has 0 unspecified atom stereocenters. The first-order valence-corrected chi connectivity index (χ1v) is 14.9. The first-order chi connectivity index (χ1) is 20.7. The highest BCUT2D eigenvalue weighted by Crippen LogP contribution is 2.15. The van der Waals surface area contributed by atoms with E-state index in [-0.39, 0.29) is 23.8 Å². The van der Waals surface area contributed by atoms with Gasteiger partial charge in [-0.2, -0.15) is 0 Å². The number of amidine groups is 1. The third-order valence-electron chi connectivity index (χ3n) is 7.03. The molecule has 0 aliphatic rings. The van der Waals surface area contributed by atoms with Crippen LogP contribution in [0.15, 0.2) is 41.7 Å². The van der Waals surface area contributed by atoms with Crippen LogP contribution in [0.3, 0.4) is 0 Å². The number of aromatic nitrogens is 2. The largest absolute Gasteiger partial charge is 0.492 e. The van der Waals surface area contributed by atoms with Gasteiger partial charge in [0.2, 0.25) is 0 Å². The van der Waals surface area contributed by atoms with Crippen LogP contribution < -0.4 is 16.2 Å². The number of ether oxygens (including phenoxy) is 1. The Bertz CT molecular complexity index is 1100. The molecule has 13 nitrogen and oxygen atoms in total. The number of hydrogen-bond acceptors (Lipinski definition) is 11. The molecule has 13 heteroatoms. The van der Waals surface area contributed by atoms with E-state index in [0.717, 1.165) is 50.5 Å². The number of benzene rings is 1. The molecule has 0 radical (unpaired) electrons. The molecular weight excluding hydrogens is 556 g/mol. The highest BCUT2D eigenvalue weighted by Gasteiger charge is 2.31. The van der Waals surface area contributed by atoms with Gasteiger partial charge in [0.15, 0.2) is 5.69 Å². The van der Waals surface area contributed by atoms with Gasteiger partial charge in [-0.3, -0.25) is 14.7 Å². The van der Waals surface area contributed by atoms with Crippen LogP contribution in [0.2, 0.25) is 0 Å². The Morgan fingerprint density at radius 2 is 1.58 bits per heavy atom. The molecule has 1 aromatic carbocycles. The monoisotopic (exact) mass is 604 g/mol. The van der Waals surface area contributed by atoms with E-state index < -0.39 is 36.9 Å². The van der Waals surface area contributed by atoms with Gasteiger partial charge in [-0.1, -0.05) is 38.3 Å². The topological polar surface area (TPSA) is 221 Å². The van der Waals surface area contributed by atoms with Crippen LogP contribution in [0.1, 0.15) is 67.2 Å². The lowest BCUT2D eigenvalue weighted by Crippen LogP contribution is -2.50. The first kappa shape index (κ1) is 36.0. The number of carbonyl (C=O) groups is 1. The Balaban J connectivity index is 1.79.